The van der Waals surface area contributed by atoms with Crippen LogP contribution in [0.25, 0.3) is 0 Å². The zero-order valence-corrected chi connectivity index (χ0v) is 13.0. The predicted octanol–water partition coefficient (Wildman–Crippen LogP) is 3.42. The number of pyridine rings is 1. The van der Waals surface area contributed by atoms with E-state index < -0.39 is 6.10 Å². The van der Waals surface area contributed by atoms with E-state index in [4.69, 9.17) is 0 Å². The van der Waals surface area contributed by atoms with E-state index >= 15 is 0 Å². The molecule has 2 atom stereocenters. The summed E-state index contributed by atoms with van der Waals surface area (Å²) >= 11 is 0. The number of nitrogens with zero attached hydrogens (tertiary/aromatic N) is 1. The zero-order chi connectivity index (χ0) is 15.2. The van der Waals surface area contributed by atoms with Crippen molar-refractivity contribution in [2.45, 2.75) is 45.4 Å². The highest BCUT2D eigenvalue weighted by atomic mass is 16.3. The molecule has 112 valence electrons. The molecule has 0 fully saturated rings. The normalized spacial score (nSPS) is 14.1. The van der Waals surface area contributed by atoms with Crippen LogP contribution >= 0.6 is 0 Å². The molecule has 0 spiro atoms. The van der Waals surface area contributed by atoms with Crippen LogP contribution in [0.1, 0.15) is 49.5 Å². The number of aliphatic hydroxyl groups excluding tert-OH is 1. The Morgan fingerprint density at radius 1 is 1.05 bits per heavy atom. The lowest BCUT2D eigenvalue weighted by molar-refractivity contribution is 0.135. The maximum absolute atomic E-state index is 10.4. The van der Waals surface area contributed by atoms with Crippen LogP contribution in [0.15, 0.2) is 48.8 Å². The van der Waals surface area contributed by atoms with Gasteiger partial charge in [-0.25, -0.2) is 0 Å². The molecule has 1 aromatic heterocycles. The lowest BCUT2D eigenvalue weighted by Crippen LogP contribution is -2.31. The summed E-state index contributed by atoms with van der Waals surface area (Å²) < 4.78 is 0. The van der Waals surface area contributed by atoms with E-state index in [1.807, 2.05) is 37.4 Å². The summed E-state index contributed by atoms with van der Waals surface area (Å²) in [7, 11) is 0. The van der Waals surface area contributed by atoms with Crippen LogP contribution in [-0.4, -0.2) is 16.1 Å². The van der Waals surface area contributed by atoms with Crippen molar-refractivity contribution in [1.29, 1.82) is 0 Å². The van der Waals surface area contributed by atoms with E-state index in [0.29, 0.717) is 12.5 Å². The molecule has 0 saturated carbocycles. The molecule has 2 unspecified atom stereocenters. The smallest absolute Gasteiger partial charge is 0.0940 e. The number of benzene rings is 1. The van der Waals surface area contributed by atoms with Gasteiger partial charge in [0, 0.05) is 25.0 Å². The summed E-state index contributed by atoms with van der Waals surface area (Å²) in [5.41, 5.74) is 3.36. The van der Waals surface area contributed by atoms with E-state index in [9.17, 15) is 5.11 Å². The molecule has 0 bridgehead atoms. The lowest BCUT2D eigenvalue weighted by Gasteiger charge is -2.21. The molecule has 0 aliphatic heterocycles. The molecular weight excluding hydrogens is 260 g/mol. The monoisotopic (exact) mass is 284 g/mol. The summed E-state index contributed by atoms with van der Waals surface area (Å²) in [6.45, 7) is 7.04. The van der Waals surface area contributed by atoms with Crippen molar-refractivity contribution in [3.05, 3.63) is 65.5 Å². The summed E-state index contributed by atoms with van der Waals surface area (Å²) in [6.07, 6.45) is 3.09. The Balaban J connectivity index is 1.93. The fourth-order valence-electron chi connectivity index (χ4n) is 2.26. The molecule has 2 rings (SSSR count). The zero-order valence-electron chi connectivity index (χ0n) is 13.0. The van der Waals surface area contributed by atoms with Crippen LogP contribution in [-0.2, 0) is 6.54 Å². The third kappa shape index (κ3) is 4.38. The fourth-order valence-corrected chi connectivity index (χ4v) is 2.26. The Bertz CT molecular complexity index is 537. The molecule has 0 amide bonds. The number of hydrogen-bond acceptors (Lipinski definition) is 3. The summed E-state index contributed by atoms with van der Waals surface area (Å²) in [4.78, 5) is 4.09. The molecule has 1 heterocycles. The Kier molecular flexibility index (Phi) is 5.48. The van der Waals surface area contributed by atoms with Crippen LogP contribution < -0.4 is 5.32 Å². The third-order valence-electron chi connectivity index (χ3n) is 3.77. The molecule has 2 aromatic rings. The largest absolute Gasteiger partial charge is 0.387 e. The summed E-state index contributed by atoms with van der Waals surface area (Å²) in [5, 5.41) is 13.8. The average molecular weight is 284 g/mol. The fraction of sp³-hybridized carbons (Fsp3) is 0.389. The van der Waals surface area contributed by atoms with E-state index in [1.54, 1.807) is 6.20 Å². The van der Waals surface area contributed by atoms with Gasteiger partial charge in [0.15, 0.2) is 0 Å². The van der Waals surface area contributed by atoms with E-state index in [-0.39, 0.29) is 6.04 Å². The maximum Gasteiger partial charge on any atom is 0.0940 e. The second-order valence-corrected chi connectivity index (χ2v) is 5.80. The van der Waals surface area contributed by atoms with Gasteiger partial charge in [-0.1, -0.05) is 44.2 Å². The van der Waals surface area contributed by atoms with Crippen LogP contribution in [0.4, 0.5) is 0 Å². The Hall–Kier alpha value is -1.71. The van der Waals surface area contributed by atoms with E-state index in [1.165, 1.54) is 5.56 Å². The van der Waals surface area contributed by atoms with Gasteiger partial charge in [-0.2, -0.15) is 0 Å². The SMILES string of the molecule is CC(C)c1ccc(C(O)C(C)NCc2cccnc2)cc1. The van der Waals surface area contributed by atoms with Crippen LogP contribution in [0.3, 0.4) is 0 Å². The molecule has 21 heavy (non-hydrogen) atoms. The number of rotatable bonds is 6. The number of nitrogens with one attached hydrogen (secondary N) is 1. The molecule has 0 radical (unpaired) electrons. The minimum Gasteiger partial charge on any atom is -0.387 e. The minimum absolute atomic E-state index is 0.0184. The predicted molar refractivity (Wildman–Crippen MR) is 86.0 cm³/mol. The van der Waals surface area contributed by atoms with Gasteiger partial charge in [-0.05, 0) is 35.6 Å². The van der Waals surface area contributed by atoms with Gasteiger partial charge < -0.3 is 10.4 Å². The van der Waals surface area contributed by atoms with Gasteiger partial charge in [0.25, 0.3) is 0 Å². The van der Waals surface area contributed by atoms with Crippen molar-refractivity contribution in [1.82, 2.24) is 10.3 Å². The van der Waals surface area contributed by atoms with Gasteiger partial charge in [0.2, 0.25) is 0 Å². The molecule has 3 heteroatoms. The first kappa shape index (κ1) is 15.7. The second-order valence-electron chi connectivity index (χ2n) is 5.80. The third-order valence-corrected chi connectivity index (χ3v) is 3.77. The van der Waals surface area contributed by atoms with Crippen molar-refractivity contribution in [3.63, 3.8) is 0 Å². The van der Waals surface area contributed by atoms with E-state index in [0.717, 1.165) is 11.1 Å². The summed E-state index contributed by atoms with van der Waals surface area (Å²) in [6, 6.07) is 12.1. The minimum atomic E-state index is -0.511. The lowest BCUT2D eigenvalue weighted by atomic mass is 9.98. The first-order valence-corrected chi connectivity index (χ1v) is 7.48. The number of hydrogen-bond donors (Lipinski definition) is 2. The highest BCUT2D eigenvalue weighted by Crippen LogP contribution is 2.21. The van der Waals surface area contributed by atoms with Gasteiger partial charge in [0.05, 0.1) is 6.10 Å². The topological polar surface area (TPSA) is 45.1 Å². The second kappa shape index (κ2) is 7.34. The summed E-state index contributed by atoms with van der Waals surface area (Å²) in [5.74, 6) is 0.511. The quantitative estimate of drug-likeness (QED) is 0.854. The standard InChI is InChI=1S/C18H24N2O/c1-13(2)16-6-8-17(9-7-16)18(21)14(3)20-12-15-5-4-10-19-11-15/h4-11,13-14,18,20-21H,12H2,1-3H3. The first-order valence-electron chi connectivity index (χ1n) is 7.48. The van der Waals surface area contributed by atoms with Crippen LogP contribution in [0, 0.1) is 0 Å². The van der Waals surface area contributed by atoms with Gasteiger partial charge in [-0.15, -0.1) is 0 Å². The van der Waals surface area contributed by atoms with Crippen molar-refractivity contribution in [3.8, 4) is 0 Å². The maximum atomic E-state index is 10.4. The van der Waals surface area contributed by atoms with Crippen molar-refractivity contribution < 1.29 is 5.11 Å². The Morgan fingerprint density at radius 3 is 2.29 bits per heavy atom. The number of aliphatic hydroxyl groups is 1. The van der Waals surface area contributed by atoms with Crippen LogP contribution in [0.2, 0.25) is 0 Å². The molecular formula is C18H24N2O. The molecule has 3 nitrogen and oxygen atoms in total. The molecule has 0 aliphatic carbocycles. The molecule has 0 aliphatic rings. The van der Waals surface area contributed by atoms with Gasteiger partial charge in [0.1, 0.15) is 0 Å². The van der Waals surface area contributed by atoms with Crippen molar-refractivity contribution in [2.75, 3.05) is 0 Å². The molecule has 0 saturated heterocycles. The van der Waals surface area contributed by atoms with Crippen molar-refractivity contribution in [2.24, 2.45) is 0 Å². The molecule has 2 N–H and O–H groups in total. The van der Waals surface area contributed by atoms with E-state index in [2.05, 4.69) is 36.3 Å². The van der Waals surface area contributed by atoms with Gasteiger partial charge in [-0.3, -0.25) is 4.98 Å². The average Bonchev–Trinajstić information content (AvgIpc) is 2.53. The highest BCUT2D eigenvalue weighted by molar-refractivity contribution is 5.26. The Labute approximate surface area is 127 Å². The Morgan fingerprint density at radius 2 is 1.71 bits per heavy atom. The van der Waals surface area contributed by atoms with Gasteiger partial charge >= 0.3 is 0 Å². The molecule has 1 aromatic carbocycles. The first-order chi connectivity index (χ1) is 10.1. The van der Waals surface area contributed by atoms with Crippen LogP contribution in [0.5, 0.6) is 0 Å². The van der Waals surface area contributed by atoms with Crippen molar-refractivity contribution >= 4 is 0 Å². The highest BCUT2D eigenvalue weighted by Gasteiger charge is 2.16. The number of aromatic nitrogens is 1.